The number of nitrogens with zero attached hydrogens (tertiary/aromatic N) is 7. The van der Waals surface area contributed by atoms with Crippen LogP contribution >= 0.6 is 0 Å². The molecule has 1 fully saturated rings. The molecule has 0 saturated carbocycles. The number of para-hydroxylation sites is 2. The van der Waals surface area contributed by atoms with E-state index in [1.165, 1.54) is 11.8 Å². The Balaban J connectivity index is 1.48. The summed E-state index contributed by atoms with van der Waals surface area (Å²) in [6, 6.07) is 8.74. The second-order valence-corrected chi connectivity index (χ2v) is 12.2. The van der Waals surface area contributed by atoms with Gasteiger partial charge in [-0.15, -0.1) is 0 Å². The number of alkyl halides is 3. The highest BCUT2D eigenvalue weighted by molar-refractivity contribution is 6.01. The average Bonchev–Trinajstić information content (AvgIpc) is 3.52. The lowest BCUT2D eigenvalue weighted by molar-refractivity contribution is -0.138. The minimum Gasteiger partial charge on any atom is -0.368 e. The summed E-state index contributed by atoms with van der Waals surface area (Å²) in [4.78, 5) is 52.5. The van der Waals surface area contributed by atoms with Crippen molar-refractivity contribution in [2.45, 2.75) is 32.0 Å². The zero-order valence-corrected chi connectivity index (χ0v) is 27.3. The van der Waals surface area contributed by atoms with Crippen molar-refractivity contribution in [3.8, 4) is 6.07 Å². The van der Waals surface area contributed by atoms with Crippen LogP contribution in [-0.4, -0.2) is 111 Å². The van der Waals surface area contributed by atoms with Crippen LogP contribution in [0.3, 0.4) is 0 Å². The summed E-state index contributed by atoms with van der Waals surface area (Å²) in [5.41, 5.74) is -0.359. The standard InChI is InChI=1S/C33H41F3N8O3/c1-22-19-25(33(34,35)36)24(20-37)30(38-22)39-26-13-16-43(28-10-7-6-9-27(28)42(5)32(26)47)18-17-41(4)31(46)23-12-15-44(21-23)29(45)11-8-14-40(2)3/h6-11,19,23,26H,12-18,21H2,1-5H3,(H,38,39)/b11-8+/t23-,26+/m1/s1. The molecule has 1 N–H and O–H groups in total. The Morgan fingerprint density at radius 3 is 2.51 bits per heavy atom. The van der Waals surface area contributed by atoms with Gasteiger partial charge in [0.05, 0.1) is 22.9 Å². The van der Waals surface area contributed by atoms with E-state index in [1.807, 2.05) is 36.0 Å². The average molecular weight is 655 g/mol. The highest BCUT2D eigenvalue weighted by atomic mass is 19.4. The maximum atomic E-state index is 13.7. The van der Waals surface area contributed by atoms with Crippen molar-refractivity contribution in [1.82, 2.24) is 19.7 Å². The van der Waals surface area contributed by atoms with Gasteiger partial charge < -0.3 is 29.8 Å². The van der Waals surface area contributed by atoms with E-state index < -0.39 is 23.3 Å². The lowest BCUT2D eigenvalue weighted by atomic mass is 10.0. The van der Waals surface area contributed by atoms with Crippen molar-refractivity contribution in [1.29, 1.82) is 5.26 Å². The van der Waals surface area contributed by atoms with Gasteiger partial charge in [0.15, 0.2) is 0 Å². The first kappa shape index (κ1) is 35.2. The largest absolute Gasteiger partial charge is 0.417 e. The number of carbonyl (C=O) groups excluding carboxylic acids is 3. The Morgan fingerprint density at radius 2 is 1.85 bits per heavy atom. The Labute approximate surface area is 273 Å². The van der Waals surface area contributed by atoms with Gasteiger partial charge >= 0.3 is 6.18 Å². The first-order chi connectivity index (χ1) is 22.2. The zero-order valence-electron chi connectivity index (χ0n) is 27.3. The molecular weight excluding hydrogens is 613 g/mol. The van der Waals surface area contributed by atoms with E-state index >= 15 is 0 Å². The molecule has 11 nitrogen and oxygen atoms in total. The summed E-state index contributed by atoms with van der Waals surface area (Å²) in [6.45, 7) is 4.03. The molecule has 1 saturated heterocycles. The molecule has 0 radical (unpaired) electrons. The second kappa shape index (κ2) is 14.8. The van der Waals surface area contributed by atoms with Crippen LogP contribution in [0.2, 0.25) is 0 Å². The number of benzene rings is 1. The van der Waals surface area contributed by atoms with Gasteiger partial charge in [0.2, 0.25) is 17.7 Å². The highest BCUT2D eigenvalue weighted by Gasteiger charge is 2.37. The molecule has 14 heteroatoms. The molecule has 0 bridgehead atoms. The number of rotatable bonds is 9. The molecule has 4 rings (SSSR count). The minimum absolute atomic E-state index is 0.0558. The number of nitriles is 1. The number of likely N-dealkylation sites (N-methyl/N-ethyl adjacent to an activating group) is 3. The van der Waals surface area contributed by atoms with Crippen LogP contribution in [0.5, 0.6) is 0 Å². The molecule has 1 aromatic carbocycles. The summed E-state index contributed by atoms with van der Waals surface area (Å²) in [5, 5.41) is 12.5. The molecule has 0 aliphatic carbocycles. The third kappa shape index (κ3) is 8.40. The van der Waals surface area contributed by atoms with Crippen molar-refractivity contribution >= 4 is 34.9 Å². The second-order valence-electron chi connectivity index (χ2n) is 12.2. The topological polar surface area (TPSA) is 116 Å². The van der Waals surface area contributed by atoms with Crippen LogP contribution in [0.15, 0.2) is 42.5 Å². The van der Waals surface area contributed by atoms with Gasteiger partial charge in [-0.2, -0.15) is 18.4 Å². The van der Waals surface area contributed by atoms with Gasteiger partial charge in [0, 0.05) is 65.1 Å². The summed E-state index contributed by atoms with van der Waals surface area (Å²) in [6.07, 6.45) is -0.652. The number of pyridine rings is 1. The number of amides is 3. The number of fused-ring (bicyclic) bond motifs is 1. The molecule has 252 valence electrons. The predicted octanol–water partition coefficient (Wildman–Crippen LogP) is 3.36. The van der Waals surface area contributed by atoms with Gasteiger partial charge in [0.1, 0.15) is 23.5 Å². The monoisotopic (exact) mass is 654 g/mol. The summed E-state index contributed by atoms with van der Waals surface area (Å²) in [7, 11) is 7.15. The minimum atomic E-state index is -4.77. The molecule has 2 aliphatic rings. The Morgan fingerprint density at radius 1 is 1.15 bits per heavy atom. The van der Waals surface area contributed by atoms with Gasteiger partial charge in [-0.25, -0.2) is 4.98 Å². The van der Waals surface area contributed by atoms with Gasteiger partial charge in [-0.1, -0.05) is 18.2 Å². The zero-order chi connectivity index (χ0) is 34.5. The number of nitrogens with one attached hydrogen (secondary N) is 1. The molecule has 2 atom stereocenters. The molecule has 3 amide bonds. The Bertz CT molecular complexity index is 1550. The number of aromatic nitrogens is 1. The molecule has 0 unspecified atom stereocenters. The number of anilines is 3. The lowest BCUT2D eigenvalue weighted by Crippen LogP contribution is -2.47. The molecule has 2 aliphatic heterocycles. The van der Waals surface area contributed by atoms with E-state index in [0.717, 1.165) is 11.8 Å². The SMILES string of the molecule is Cc1cc(C(F)(F)F)c(C#N)c(N[C@H]2CCN(CCN(C)C(=O)[C@@H]3CCN(C(=O)/C=C/CN(C)C)C3)c3ccccc3N(C)C2=O)n1. The quantitative estimate of drug-likeness (QED) is 0.410. The fourth-order valence-corrected chi connectivity index (χ4v) is 5.87. The third-order valence-electron chi connectivity index (χ3n) is 8.44. The van der Waals surface area contributed by atoms with E-state index in [-0.39, 0.29) is 41.6 Å². The Hall–Kier alpha value is -4.64. The number of likely N-dealkylation sites (tertiary alicyclic amines) is 1. The fourth-order valence-electron chi connectivity index (χ4n) is 5.87. The smallest absolute Gasteiger partial charge is 0.368 e. The van der Waals surface area contributed by atoms with Crippen LogP contribution in [-0.2, 0) is 20.6 Å². The summed E-state index contributed by atoms with van der Waals surface area (Å²) < 4.78 is 41.2. The predicted molar refractivity (Wildman–Crippen MR) is 173 cm³/mol. The number of hydrogen-bond donors (Lipinski definition) is 1. The van der Waals surface area contributed by atoms with E-state index in [9.17, 15) is 32.8 Å². The first-order valence-electron chi connectivity index (χ1n) is 15.4. The number of aryl methyl sites for hydroxylation is 1. The number of halogens is 3. The lowest BCUT2D eigenvalue weighted by Gasteiger charge is -2.36. The van der Waals surface area contributed by atoms with Gasteiger partial charge in [-0.3, -0.25) is 14.4 Å². The van der Waals surface area contributed by atoms with Crippen LogP contribution in [0.4, 0.5) is 30.4 Å². The molecule has 1 aromatic heterocycles. The van der Waals surface area contributed by atoms with Crippen molar-refractivity contribution in [2.75, 3.05) is 82.6 Å². The molecule has 47 heavy (non-hydrogen) atoms. The van der Waals surface area contributed by atoms with Gasteiger partial charge in [0.25, 0.3) is 0 Å². The molecule has 3 heterocycles. The van der Waals surface area contributed by atoms with E-state index in [1.54, 1.807) is 54.2 Å². The summed E-state index contributed by atoms with van der Waals surface area (Å²) >= 11 is 0. The van der Waals surface area contributed by atoms with E-state index in [0.29, 0.717) is 51.4 Å². The van der Waals surface area contributed by atoms with Gasteiger partial charge in [-0.05, 0) is 52.1 Å². The first-order valence-corrected chi connectivity index (χ1v) is 15.4. The van der Waals surface area contributed by atoms with Crippen molar-refractivity contribution in [2.24, 2.45) is 5.92 Å². The van der Waals surface area contributed by atoms with Crippen molar-refractivity contribution in [3.05, 3.63) is 59.3 Å². The maximum Gasteiger partial charge on any atom is 0.417 e. The fraction of sp³-hybridized carbons (Fsp3) is 0.485. The third-order valence-corrected chi connectivity index (χ3v) is 8.44. The summed E-state index contributed by atoms with van der Waals surface area (Å²) in [5.74, 6) is -1.15. The molecule has 0 spiro atoms. The molecular formula is C33H41F3N8O3. The molecule has 2 aromatic rings. The Kier molecular flexibility index (Phi) is 11.1. The van der Waals surface area contributed by atoms with E-state index in [2.05, 4.69) is 10.3 Å². The van der Waals surface area contributed by atoms with Crippen LogP contribution in [0.25, 0.3) is 0 Å². The van der Waals surface area contributed by atoms with E-state index in [4.69, 9.17) is 0 Å². The van der Waals surface area contributed by atoms with Crippen LogP contribution in [0.1, 0.15) is 29.7 Å². The van der Waals surface area contributed by atoms with Crippen LogP contribution in [0, 0.1) is 24.2 Å². The van der Waals surface area contributed by atoms with Crippen LogP contribution < -0.4 is 15.1 Å². The van der Waals surface area contributed by atoms with Crippen molar-refractivity contribution < 1.29 is 27.6 Å². The van der Waals surface area contributed by atoms with Crippen molar-refractivity contribution in [3.63, 3.8) is 0 Å². The maximum absolute atomic E-state index is 13.7. The number of hydrogen-bond acceptors (Lipinski definition) is 8. The highest BCUT2D eigenvalue weighted by Crippen LogP contribution is 2.36. The number of carbonyl (C=O) groups is 3. The normalized spacial score (nSPS) is 18.6.